The number of carbonyl (C=O) groups excluding carboxylic acids is 1. The van der Waals surface area contributed by atoms with E-state index in [-0.39, 0.29) is 18.2 Å². The first-order chi connectivity index (χ1) is 6.87. The third kappa shape index (κ3) is 8.38. The van der Waals surface area contributed by atoms with Crippen molar-refractivity contribution in [2.24, 2.45) is 5.73 Å². The van der Waals surface area contributed by atoms with Gasteiger partial charge < -0.3 is 10.6 Å². The van der Waals surface area contributed by atoms with Crippen LogP contribution in [0.1, 0.15) is 19.3 Å². The lowest BCUT2D eigenvalue weighted by Gasteiger charge is -2.16. The van der Waals surface area contributed by atoms with E-state index in [1.807, 2.05) is 0 Å². The lowest BCUT2D eigenvalue weighted by molar-refractivity contribution is -0.129. The molecule has 5 nitrogen and oxygen atoms in total. The normalized spacial score (nSPS) is 11.4. The van der Waals surface area contributed by atoms with E-state index in [9.17, 15) is 13.2 Å². The fourth-order valence-corrected chi connectivity index (χ4v) is 1.64. The maximum Gasteiger partial charge on any atom is 0.222 e. The third-order valence-corrected chi connectivity index (χ3v) is 2.99. The summed E-state index contributed by atoms with van der Waals surface area (Å²) >= 11 is 0. The van der Waals surface area contributed by atoms with E-state index in [0.717, 1.165) is 12.8 Å². The Kier molecular flexibility index (Phi) is 6.51. The predicted octanol–water partition coefficient (Wildman–Crippen LogP) is -0.382. The molecule has 1 amide bonds. The Morgan fingerprint density at radius 3 is 2.40 bits per heavy atom. The first-order valence-electron chi connectivity index (χ1n) is 4.98. The van der Waals surface area contributed by atoms with E-state index >= 15 is 0 Å². The topological polar surface area (TPSA) is 80.5 Å². The molecule has 0 aromatic rings. The fourth-order valence-electron chi connectivity index (χ4n) is 1.04. The Balaban J connectivity index is 3.79. The highest BCUT2D eigenvalue weighted by atomic mass is 32.2. The molecule has 0 rings (SSSR count). The molecule has 15 heavy (non-hydrogen) atoms. The summed E-state index contributed by atoms with van der Waals surface area (Å²) in [5.41, 5.74) is 5.30. The minimum absolute atomic E-state index is 0.0200. The van der Waals surface area contributed by atoms with Crippen LogP contribution in [0, 0.1) is 0 Å². The lowest BCUT2D eigenvalue weighted by Crippen LogP contribution is -2.31. The summed E-state index contributed by atoms with van der Waals surface area (Å²) in [7, 11) is -1.37. The highest BCUT2D eigenvalue weighted by Gasteiger charge is 2.10. The van der Waals surface area contributed by atoms with Crippen LogP contribution in [0.3, 0.4) is 0 Å². The smallest absolute Gasteiger partial charge is 0.222 e. The van der Waals surface area contributed by atoms with Crippen LogP contribution in [0.25, 0.3) is 0 Å². The van der Waals surface area contributed by atoms with Crippen LogP contribution in [0.15, 0.2) is 0 Å². The van der Waals surface area contributed by atoms with Crippen LogP contribution >= 0.6 is 0 Å². The van der Waals surface area contributed by atoms with Crippen LogP contribution in [-0.4, -0.2) is 51.4 Å². The molecule has 0 bridgehead atoms. The summed E-state index contributed by atoms with van der Waals surface area (Å²) in [6.07, 6.45) is 3.20. The van der Waals surface area contributed by atoms with Crippen LogP contribution in [0.5, 0.6) is 0 Å². The summed E-state index contributed by atoms with van der Waals surface area (Å²) in [6, 6.07) is 0. The molecule has 0 aromatic carbocycles. The van der Waals surface area contributed by atoms with Crippen molar-refractivity contribution in [2.45, 2.75) is 19.3 Å². The summed E-state index contributed by atoms with van der Waals surface area (Å²) < 4.78 is 21.7. The number of nitrogens with zero attached hydrogens (tertiary/aromatic N) is 1. The molecule has 0 aliphatic rings. The van der Waals surface area contributed by atoms with Gasteiger partial charge in [0.05, 0.1) is 5.75 Å². The molecule has 0 saturated heterocycles. The largest absolute Gasteiger partial charge is 0.345 e. The standard InChI is InChI=1S/C9H20N2O3S/c1-11(7-8-15(2,13)14)9(12)5-3-4-6-10/h3-8,10H2,1-2H3. The van der Waals surface area contributed by atoms with Gasteiger partial charge in [0.25, 0.3) is 0 Å². The van der Waals surface area contributed by atoms with Crippen molar-refractivity contribution in [3.63, 3.8) is 0 Å². The zero-order valence-electron chi connectivity index (χ0n) is 9.40. The average Bonchev–Trinajstić information content (AvgIpc) is 2.13. The van der Waals surface area contributed by atoms with Gasteiger partial charge in [-0.25, -0.2) is 8.42 Å². The number of nitrogens with two attached hydrogens (primary N) is 1. The number of hydrogen-bond donors (Lipinski definition) is 1. The van der Waals surface area contributed by atoms with E-state index in [1.54, 1.807) is 7.05 Å². The van der Waals surface area contributed by atoms with Crippen LogP contribution in [0.4, 0.5) is 0 Å². The van der Waals surface area contributed by atoms with Gasteiger partial charge in [-0.15, -0.1) is 0 Å². The molecule has 0 radical (unpaired) electrons. The Labute approximate surface area is 91.5 Å². The average molecular weight is 236 g/mol. The zero-order valence-corrected chi connectivity index (χ0v) is 10.2. The highest BCUT2D eigenvalue weighted by molar-refractivity contribution is 7.90. The van der Waals surface area contributed by atoms with Gasteiger partial charge in [0.2, 0.25) is 5.91 Å². The molecule has 0 aliphatic carbocycles. The molecular formula is C9H20N2O3S. The summed E-state index contributed by atoms with van der Waals surface area (Å²) in [6.45, 7) is 0.848. The minimum atomic E-state index is -2.99. The van der Waals surface area contributed by atoms with E-state index < -0.39 is 9.84 Å². The quantitative estimate of drug-likeness (QED) is 0.611. The van der Waals surface area contributed by atoms with Crippen molar-refractivity contribution < 1.29 is 13.2 Å². The van der Waals surface area contributed by atoms with Crippen LogP contribution in [0.2, 0.25) is 0 Å². The van der Waals surface area contributed by atoms with Gasteiger partial charge in [-0.2, -0.15) is 0 Å². The Morgan fingerprint density at radius 2 is 1.93 bits per heavy atom. The molecule has 90 valence electrons. The number of sulfone groups is 1. The fraction of sp³-hybridized carbons (Fsp3) is 0.889. The van der Waals surface area contributed by atoms with Crippen LogP contribution < -0.4 is 5.73 Å². The van der Waals surface area contributed by atoms with Crippen molar-refractivity contribution in [3.05, 3.63) is 0 Å². The first kappa shape index (κ1) is 14.4. The number of unbranched alkanes of at least 4 members (excludes halogenated alkanes) is 1. The van der Waals surface area contributed by atoms with Crippen molar-refractivity contribution in [2.75, 3.05) is 32.1 Å². The Hall–Kier alpha value is -0.620. The molecule has 0 spiro atoms. The monoisotopic (exact) mass is 236 g/mol. The number of hydrogen-bond acceptors (Lipinski definition) is 4. The molecule has 0 aliphatic heterocycles. The maximum absolute atomic E-state index is 11.4. The summed E-state index contributed by atoms with van der Waals surface area (Å²) in [5, 5.41) is 0. The minimum Gasteiger partial charge on any atom is -0.345 e. The molecule has 0 aromatic heterocycles. The van der Waals surface area contributed by atoms with Crippen molar-refractivity contribution >= 4 is 15.7 Å². The van der Waals surface area contributed by atoms with E-state index in [1.165, 1.54) is 11.2 Å². The van der Waals surface area contributed by atoms with Gasteiger partial charge in [-0.05, 0) is 19.4 Å². The molecule has 0 unspecified atom stereocenters. The van der Waals surface area contributed by atoms with E-state index in [4.69, 9.17) is 5.73 Å². The molecular weight excluding hydrogens is 216 g/mol. The summed E-state index contributed by atoms with van der Waals surface area (Å²) in [4.78, 5) is 12.9. The molecule has 0 heterocycles. The lowest BCUT2D eigenvalue weighted by atomic mass is 10.2. The summed E-state index contributed by atoms with van der Waals surface area (Å²) in [5.74, 6) is -0.00123. The highest BCUT2D eigenvalue weighted by Crippen LogP contribution is 1.99. The second kappa shape index (κ2) is 6.79. The van der Waals surface area contributed by atoms with Gasteiger partial charge in [-0.1, -0.05) is 0 Å². The van der Waals surface area contributed by atoms with Gasteiger partial charge >= 0.3 is 0 Å². The third-order valence-electron chi connectivity index (χ3n) is 2.07. The number of rotatable bonds is 7. The van der Waals surface area contributed by atoms with Gasteiger partial charge in [-0.3, -0.25) is 4.79 Å². The van der Waals surface area contributed by atoms with Crippen molar-refractivity contribution in [1.82, 2.24) is 4.90 Å². The molecule has 2 N–H and O–H groups in total. The van der Waals surface area contributed by atoms with Gasteiger partial charge in [0.1, 0.15) is 9.84 Å². The Morgan fingerprint density at radius 1 is 1.33 bits per heavy atom. The first-order valence-corrected chi connectivity index (χ1v) is 7.04. The van der Waals surface area contributed by atoms with Gasteiger partial charge in [0, 0.05) is 26.3 Å². The maximum atomic E-state index is 11.4. The van der Waals surface area contributed by atoms with Gasteiger partial charge in [0.15, 0.2) is 0 Å². The number of carbonyl (C=O) groups is 1. The molecule has 0 fully saturated rings. The second-order valence-electron chi connectivity index (χ2n) is 3.69. The van der Waals surface area contributed by atoms with Crippen LogP contribution in [-0.2, 0) is 14.6 Å². The van der Waals surface area contributed by atoms with Crippen molar-refractivity contribution in [3.8, 4) is 0 Å². The zero-order chi connectivity index (χ0) is 11.9. The molecule has 0 atom stereocenters. The number of amides is 1. The second-order valence-corrected chi connectivity index (χ2v) is 5.95. The molecule has 0 saturated carbocycles. The van der Waals surface area contributed by atoms with E-state index in [0.29, 0.717) is 13.0 Å². The van der Waals surface area contributed by atoms with E-state index in [2.05, 4.69) is 0 Å². The van der Waals surface area contributed by atoms with Crippen molar-refractivity contribution in [1.29, 1.82) is 0 Å². The molecule has 6 heteroatoms. The predicted molar refractivity (Wildman–Crippen MR) is 60.3 cm³/mol. The SMILES string of the molecule is CN(CCS(C)(=O)=O)C(=O)CCCCN. The Bertz CT molecular complexity index is 288.